The number of ether oxygens (including phenoxy) is 2. The summed E-state index contributed by atoms with van der Waals surface area (Å²) in [6.07, 6.45) is -2.57. The zero-order valence-corrected chi connectivity index (χ0v) is 10.5. The van der Waals surface area contributed by atoms with Gasteiger partial charge in [-0.25, -0.2) is 4.98 Å². The number of rotatable bonds is 3. The quantitative estimate of drug-likeness (QED) is 0.850. The monoisotopic (exact) mass is 276 g/mol. The summed E-state index contributed by atoms with van der Waals surface area (Å²) in [5.41, 5.74) is 0. The number of pyridine rings is 1. The molecule has 0 N–H and O–H groups in total. The molecule has 1 aromatic rings. The first-order valence-electron chi connectivity index (χ1n) is 6.06. The van der Waals surface area contributed by atoms with Gasteiger partial charge in [0, 0.05) is 13.1 Å². The standard InChI is InChI=1S/C12H15F3N2O2/c1-2-9-8-17(5-6-18-9)11-4-3-10(7-16-11)19-12(13,14)15/h3-4,7,9H,2,5-6,8H2,1H3. The predicted molar refractivity (Wildman–Crippen MR) is 63.2 cm³/mol. The van der Waals surface area contributed by atoms with Crippen molar-refractivity contribution in [3.8, 4) is 5.75 Å². The van der Waals surface area contributed by atoms with Crippen molar-refractivity contribution in [3.05, 3.63) is 18.3 Å². The van der Waals surface area contributed by atoms with E-state index in [1.807, 2.05) is 11.8 Å². The molecule has 2 heterocycles. The van der Waals surface area contributed by atoms with Gasteiger partial charge in [-0.05, 0) is 18.6 Å². The van der Waals surface area contributed by atoms with Gasteiger partial charge < -0.3 is 14.4 Å². The van der Waals surface area contributed by atoms with Crippen LogP contribution in [0.4, 0.5) is 19.0 Å². The summed E-state index contributed by atoms with van der Waals surface area (Å²) < 4.78 is 45.4. The van der Waals surface area contributed by atoms with Crippen molar-refractivity contribution in [2.75, 3.05) is 24.6 Å². The Labute approximate surface area is 109 Å². The Morgan fingerprint density at radius 3 is 2.84 bits per heavy atom. The fourth-order valence-corrected chi connectivity index (χ4v) is 1.93. The second kappa shape index (κ2) is 5.64. The lowest BCUT2D eigenvalue weighted by Crippen LogP contribution is -2.42. The van der Waals surface area contributed by atoms with Crippen LogP contribution in [0.5, 0.6) is 5.75 Å². The van der Waals surface area contributed by atoms with Gasteiger partial charge in [-0.1, -0.05) is 6.92 Å². The van der Waals surface area contributed by atoms with E-state index in [9.17, 15) is 13.2 Å². The van der Waals surface area contributed by atoms with Gasteiger partial charge in [-0.3, -0.25) is 0 Å². The predicted octanol–water partition coefficient (Wildman–Crippen LogP) is 2.60. The van der Waals surface area contributed by atoms with Crippen LogP contribution in [-0.4, -0.2) is 37.1 Å². The van der Waals surface area contributed by atoms with Gasteiger partial charge in [-0.15, -0.1) is 13.2 Å². The van der Waals surface area contributed by atoms with E-state index in [1.165, 1.54) is 12.1 Å². The summed E-state index contributed by atoms with van der Waals surface area (Å²) in [6, 6.07) is 2.80. The summed E-state index contributed by atoms with van der Waals surface area (Å²) in [5, 5.41) is 0. The second-order valence-corrected chi connectivity index (χ2v) is 4.25. The third kappa shape index (κ3) is 3.99. The van der Waals surface area contributed by atoms with Gasteiger partial charge in [0.15, 0.2) is 0 Å². The molecular formula is C12H15F3N2O2. The van der Waals surface area contributed by atoms with E-state index in [-0.39, 0.29) is 11.9 Å². The molecule has 0 aliphatic carbocycles. The molecule has 1 fully saturated rings. The fourth-order valence-electron chi connectivity index (χ4n) is 1.93. The number of nitrogens with zero attached hydrogens (tertiary/aromatic N) is 2. The maximum absolute atomic E-state index is 12.0. The lowest BCUT2D eigenvalue weighted by molar-refractivity contribution is -0.274. The second-order valence-electron chi connectivity index (χ2n) is 4.25. The molecule has 4 nitrogen and oxygen atoms in total. The number of halogens is 3. The Balaban J connectivity index is 2.01. The van der Waals surface area contributed by atoms with Crippen LogP contribution in [0.1, 0.15) is 13.3 Å². The minimum Gasteiger partial charge on any atom is -0.404 e. The molecule has 19 heavy (non-hydrogen) atoms. The molecule has 0 bridgehead atoms. The minimum atomic E-state index is -4.69. The number of morpholine rings is 1. The zero-order chi connectivity index (χ0) is 13.9. The summed E-state index contributed by atoms with van der Waals surface area (Å²) in [7, 11) is 0. The molecule has 106 valence electrons. The van der Waals surface area contributed by atoms with Crippen molar-refractivity contribution in [2.45, 2.75) is 25.8 Å². The van der Waals surface area contributed by atoms with Crippen LogP contribution in [0.15, 0.2) is 18.3 Å². The first kappa shape index (κ1) is 13.9. The Morgan fingerprint density at radius 2 is 2.26 bits per heavy atom. The third-order valence-corrected chi connectivity index (χ3v) is 2.87. The zero-order valence-electron chi connectivity index (χ0n) is 10.5. The molecule has 0 spiro atoms. The summed E-state index contributed by atoms with van der Waals surface area (Å²) >= 11 is 0. The summed E-state index contributed by atoms with van der Waals surface area (Å²) in [4.78, 5) is 6.00. The van der Waals surface area contributed by atoms with Gasteiger partial charge in [0.2, 0.25) is 0 Å². The van der Waals surface area contributed by atoms with E-state index in [4.69, 9.17) is 4.74 Å². The molecule has 0 radical (unpaired) electrons. The number of hydrogen-bond acceptors (Lipinski definition) is 4. The van der Waals surface area contributed by atoms with E-state index in [0.29, 0.717) is 25.5 Å². The Kier molecular flexibility index (Phi) is 4.14. The molecule has 0 saturated carbocycles. The molecular weight excluding hydrogens is 261 g/mol. The molecule has 0 amide bonds. The molecule has 1 aliphatic heterocycles. The van der Waals surface area contributed by atoms with Crippen molar-refractivity contribution in [2.24, 2.45) is 0 Å². The van der Waals surface area contributed by atoms with Crippen LogP contribution < -0.4 is 9.64 Å². The minimum absolute atomic E-state index is 0.140. The van der Waals surface area contributed by atoms with Crippen LogP contribution >= 0.6 is 0 Å². The van der Waals surface area contributed by atoms with Gasteiger partial charge in [0.25, 0.3) is 0 Å². The highest BCUT2D eigenvalue weighted by Gasteiger charge is 2.31. The Hall–Kier alpha value is -1.50. The van der Waals surface area contributed by atoms with Gasteiger partial charge in [0.1, 0.15) is 11.6 Å². The highest BCUT2D eigenvalue weighted by Crippen LogP contribution is 2.24. The highest BCUT2D eigenvalue weighted by molar-refractivity contribution is 5.41. The topological polar surface area (TPSA) is 34.6 Å². The van der Waals surface area contributed by atoms with E-state index in [1.54, 1.807) is 0 Å². The van der Waals surface area contributed by atoms with E-state index >= 15 is 0 Å². The highest BCUT2D eigenvalue weighted by atomic mass is 19.4. The van der Waals surface area contributed by atoms with Crippen LogP contribution in [0.3, 0.4) is 0 Å². The average Bonchev–Trinajstić information content (AvgIpc) is 2.38. The Morgan fingerprint density at radius 1 is 1.47 bits per heavy atom. The van der Waals surface area contributed by atoms with Gasteiger partial charge >= 0.3 is 6.36 Å². The summed E-state index contributed by atoms with van der Waals surface area (Å²) in [5.74, 6) is 0.327. The van der Waals surface area contributed by atoms with Crippen molar-refractivity contribution < 1.29 is 22.6 Å². The van der Waals surface area contributed by atoms with Crippen LogP contribution in [0.25, 0.3) is 0 Å². The number of alkyl halides is 3. The molecule has 1 aliphatic rings. The number of hydrogen-bond donors (Lipinski definition) is 0. The SMILES string of the molecule is CCC1CN(c2ccc(OC(F)(F)F)cn2)CCO1. The van der Waals surface area contributed by atoms with Crippen molar-refractivity contribution in [1.29, 1.82) is 0 Å². The molecule has 1 aromatic heterocycles. The fraction of sp³-hybridized carbons (Fsp3) is 0.583. The Bertz CT molecular complexity index is 408. The van der Waals surface area contributed by atoms with Crippen LogP contribution in [-0.2, 0) is 4.74 Å². The van der Waals surface area contributed by atoms with Crippen molar-refractivity contribution >= 4 is 5.82 Å². The molecule has 1 atom stereocenters. The van der Waals surface area contributed by atoms with Crippen molar-refractivity contribution in [3.63, 3.8) is 0 Å². The van der Waals surface area contributed by atoms with E-state index in [2.05, 4.69) is 9.72 Å². The van der Waals surface area contributed by atoms with E-state index in [0.717, 1.165) is 12.6 Å². The molecule has 0 aromatic carbocycles. The first-order valence-corrected chi connectivity index (χ1v) is 6.06. The number of anilines is 1. The molecule has 1 saturated heterocycles. The largest absolute Gasteiger partial charge is 0.573 e. The smallest absolute Gasteiger partial charge is 0.404 e. The van der Waals surface area contributed by atoms with Gasteiger partial charge in [0.05, 0.1) is 18.9 Å². The lowest BCUT2D eigenvalue weighted by atomic mass is 10.2. The first-order chi connectivity index (χ1) is 8.98. The third-order valence-electron chi connectivity index (χ3n) is 2.87. The maximum atomic E-state index is 12.0. The van der Waals surface area contributed by atoms with Crippen LogP contribution in [0.2, 0.25) is 0 Å². The molecule has 2 rings (SSSR count). The molecule has 7 heteroatoms. The molecule has 1 unspecified atom stereocenters. The average molecular weight is 276 g/mol. The van der Waals surface area contributed by atoms with Crippen LogP contribution in [0, 0.1) is 0 Å². The van der Waals surface area contributed by atoms with Gasteiger partial charge in [-0.2, -0.15) is 0 Å². The lowest BCUT2D eigenvalue weighted by Gasteiger charge is -2.33. The van der Waals surface area contributed by atoms with Crippen molar-refractivity contribution in [1.82, 2.24) is 4.98 Å². The van der Waals surface area contributed by atoms with E-state index < -0.39 is 6.36 Å². The maximum Gasteiger partial charge on any atom is 0.573 e. The summed E-state index contributed by atoms with van der Waals surface area (Å²) in [6.45, 7) is 4.01. The normalized spacial score (nSPS) is 20.4. The number of aromatic nitrogens is 1.